The zero-order valence-electron chi connectivity index (χ0n) is 18.7. The predicted octanol–water partition coefficient (Wildman–Crippen LogP) is 3.71. The summed E-state index contributed by atoms with van der Waals surface area (Å²) in [7, 11) is 1.67. The van der Waals surface area contributed by atoms with Crippen molar-refractivity contribution in [1.29, 1.82) is 0 Å². The first-order valence-corrected chi connectivity index (χ1v) is 11.1. The Morgan fingerprint density at radius 2 is 1.70 bits per heavy atom. The molecule has 4 rings (SSSR count). The van der Waals surface area contributed by atoms with Gasteiger partial charge in [0.25, 0.3) is 5.91 Å². The number of alkyl halides is 1. The molecule has 0 bridgehead atoms. The lowest BCUT2D eigenvalue weighted by Crippen LogP contribution is -2.58. The highest BCUT2D eigenvalue weighted by Crippen LogP contribution is 2.39. The van der Waals surface area contributed by atoms with Gasteiger partial charge in [-0.1, -0.05) is 55.1 Å². The molecule has 2 aromatic carbocycles. The second kappa shape index (κ2) is 9.58. The fourth-order valence-corrected chi connectivity index (χ4v) is 4.71. The topological polar surface area (TPSA) is 64.1 Å². The van der Waals surface area contributed by atoms with Crippen LogP contribution in [-0.2, 0) is 22.4 Å². The molecule has 33 heavy (non-hydrogen) atoms. The number of aliphatic hydroxyl groups excluding tert-OH is 1. The standard InChI is InChI=1S/C26H28FN3O3/c1-3-22(31)25(32)24-26(33)29(16-8-15-27)17-30(28(24)2)23-20-11-6-4-9-18(20)13-14-19-10-5-7-12-21(19)23/h3-7,9-12,23,32H,1,8,13-17H2,2H3/b25-24+. The number of halogens is 1. The molecule has 0 spiro atoms. The Morgan fingerprint density at radius 3 is 2.24 bits per heavy atom. The van der Waals surface area contributed by atoms with Crippen LogP contribution in [0.1, 0.15) is 34.7 Å². The molecule has 2 aromatic rings. The highest BCUT2D eigenvalue weighted by molar-refractivity contribution is 6.08. The number of hydrazine groups is 1. The van der Waals surface area contributed by atoms with E-state index in [1.807, 2.05) is 29.3 Å². The number of aliphatic hydroxyl groups is 1. The fourth-order valence-electron chi connectivity index (χ4n) is 4.71. The van der Waals surface area contributed by atoms with Crippen LogP contribution in [0.15, 0.2) is 72.6 Å². The van der Waals surface area contributed by atoms with E-state index in [-0.39, 0.29) is 31.4 Å². The molecule has 1 amide bonds. The Kier molecular flexibility index (Phi) is 6.60. The Hall–Kier alpha value is -3.45. The van der Waals surface area contributed by atoms with Crippen molar-refractivity contribution < 1.29 is 19.1 Å². The van der Waals surface area contributed by atoms with Gasteiger partial charge < -0.3 is 10.0 Å². The molecule has 1 aliphatic heterocycles. The van der Waals surface area contributed by atoms with Crippen molar-refractivity contribution in [2.45, 2.75) is 25.3 Å². The minimum absolute atomic E-state index is 0.135. The summed E-state index contributed by atoms with van der Waals surface area (Å²) in [5, 5.41) is 14.2. The first-order valence-electron chi connectivity index (χ1n) is 11.1. The van der Waals surface area contributed by atoms with E-state index in [4.69, 9.17) is 0 Å². The van der Waals surface area contributed by atoms with E-state index < -0.39 is 24.1 Å². The minimum atomic E-state index is -0.737. The number of nitrogens with zero attached hydrogens (tertiary/aromatic N) is 3. The lowest BCUT2D eigenvalue weighted by atomic mass is 9.94. The average Bonchev–Trinajstić information content (AvgIpc) is 3.00. The van der Waals surface area contributed by atoms with E-state index in [1.54, 1.807) is 12.1 Å². The average molecular weight is 450 g/mol. The van der Waals surface area contributed by atoms with Gasteiger partial charge in [-0.05, 0) is 47.6 Å². The zero-order chi connectivity index (χ0) is 23.5. The van der Waals surface area contributed by atoms with Gasteiger partial charge in [-0.2, -0.15) is 5.01 Å². The number of amides is 1. The van der Waals surface area contributed by atoms with Gasteiger partial charge in [-0.3, -0.25) is 19.0 Å². The number of aryl methyl sites for hydroxylation is 2. The number of carbonyl (C=O) groups excluding carboxylic acids is 2. The number of ketones is 1. The lowest BCUT2D eigenvalue weighted by Gasteiger charge is -2.47. The summed E-state index contributed by atoms with van der Waals surface area (Å²) >= 11 is 0. The van der Waals surface area contributed by atoms with Crippen molar-refractivity contribution in [3.63, 3.8) is 0 Å². The number of rotatable bonds is 6. The Morgan fingerprint density at radius 1 is 1.12 bits per heavy atom. The number of fused-ring (bicyclic) bond motifs is 2. The van der Waals surface area contributed by atoms with Crippen molar-refractivity contribution >= 4 is 11.7 Å². The first-order chi connectivity index (χ1) is 16.0. The molecule has 1 N–H and O–H groups in total. The van der Waals surface area contributed by atoms with E-state index >= 15 is 0 Å². The van der Waals surface area contributed by atoms with Crippen molar-refractivity contribution in [1.82, 2.24) is 14.9 Å². The lowest BCUT2D eigenvalue weighted by molar-refractivity contribution is -0.152. The smallest absolute Gasteiger partial charge is 0.276 e. The van der Waals surface area contributed by atoms with Crippen LogP contribution in [-0.4, -0.2) is 58.7 Å². The highest BCUT2D eigenvalue weighted by atomic mass is 19.1. The maximum Gasteiger partial charge on any atom is 0.276 e. The highest BCUT2D eigenvalue weighted by Gasteiger charge is 2.41. The van der Waals surface area contributed by atoms with Crippen molar-refractivity contribution in [2.75, 3.05) is 26.9 Å². The first kappa shape index (κ1) is 22.7. The Bertz CT molecular complexity index is 1070. The van der Waals surface area contributed by atoms with Gasteiger partial charge in [-0.15, -0.1) is 0 Å². The number of likely N-dealkylation sites (N-methyl/N-ethyl adjacent to an activating group) is 1. The number of hydrogen-bond acceptors (Lipinski definition) is 5. The van der Waals surface area contributed by atoms with E-state index in [2.05, 4.69) is 30.8 Å². The summed E-state index contributed by atoms with van der Waals surface area (Å²) in [6, 6.07) is 16.1. The summed E-state index contributed by atoms with van der Waals surface area (Å²) < 4.78 is 13.0. The second-order valence-corrected chi connectivity index (χ2v) is 8.28. The molecule has 6 nitrogen and oxygen atoms in total. The van der Waals surface area contributed by atoms with Gasteiger partial charge in [-0.25, -0.2) is 0 Å². The van der Waals surface area contributed by atoms with Gasteiger partial charge in [0.1, 0.15) is 0 Å². The second-order valence-electron chi connectivity index (χ2n) is 8.28. The molecule has 7 heteroatoms. The maximum absolute atomic E-state index is 13.2. The third kappa shape index (κ3) is 4.16. The molecule has 0 atom stereocenters. The molecule has 1 aliphatic carbocycles. The van der Waals surface area contributed by atoms with Crippen LogP contribution in [0.5, 0.6) is 0 Å². The molecule has 0 saturated carbocycles. The van der Waals surface area contributed by atoms with Gasteiger partial charge in [0.15, 0.2) is 11.5 Å². The summed E-state index contributed by atoms with van der Waals surface area (Å²) in [4.78, 5) is 27.0. The molecule has 2 aliphatic rings. The van der Waals surface area contributed by atoms with Gasteiger partial charge in [0.2, 0.25) is 5.78 Å². The largest absolute Gasteiger partial charge is 0.503 e. The number of allylic oxidation sites excluding steroid dienone is 1. The van der Waals surface area contributed by atoms with Crippen LogP contribution in [0.3, 0.4) is 0 Å². The van der Waals surface area contributed by atoms with Crippen LogP contribution in [0.4, 0.5) is 4.39 Å². The molecular formula is C26H28FN3O3. The normalized spacial score (nSPS) is 18.4. The summed E-state index contributed by atoms with van der Waals surface area (Å²) in [5.74, 6) is -1.91. The van der Waals surface area contributed by atoms with Gasteiger partial charge >= 0.3 is 0 Å². The molecule has 172 valence electrons. The van der Waals surface area contributed by atoms with E-state index in [0.717, 1.165) is 30.0 Å². The van der Waals surface area contributed by atoms with Crippen molar-refractivity contribution in [2.24, 2.45) is 0 Å². The molecule has 0 aromatic heterocycles. The molecule has 0 radical (unpaired) electrons. The van der Waals surface area contributed by atoms with E-state index in [0.29, 0.717) is 0 Å². The predicted molar refractivity (Wildman–Crippen MR) is 124 cm³/mol. The molecule has 0 unspecified atom stereocenters. The quantitative estimate of drug-likeness (QED) is 0.538. The molecule has 1 heterocycles. The number of carbonyl (C=O) groups is 2. The molecular weight excluding hydrogens is 421 g/mol. The van der Waals surface area contributed by atoms with Crippen LogP contribution < -0.4 is 0 Å². The summed E-state index contributed by atoms with van der Waals surface area (Å²) in [6.07, 6.45) is 2.92. The van der Waals surface area contributed by atoms with Gasteiger partial charge in [0, 0.05) is 13.6 Å². The summed E-state index contributed by atoms with van der Waals surface area (Å²) in [5.41, 5.74) is 4.47. The maximum atomic E-state index is 13.2. The minimum Gasteiger partial charge on any atom is -0.503 e. The Labute approximate surface area is 193 Å². The zero-order valence-corrected chi connectivity index (χ0v) is 18.7. The Balaban J connectivity index is 1.89. The fraction of sp³-hybridized carbons (Fsp3) is 0.308. The van der Waals surface area contributed by atoms with E-state index in [1.165, 1.54) is 16.0 Å². The summed E-state index contributed by atoms with van der Waals surface area (Å²) in [6.45, 7) is 3.23. The number of hydrogen-bond donors (Lipinski definition) is 1. The van der Waals surface area contributed by atoms with Crippen LogP contribution in [0.25, 0.3) is 0 Å². The van der Waals surface area contributed by atoms with Crippen molar-refractivity contribution in [3.8, 4) is 0 Å². The number of benzene rings is 2. The van der Waals surface area contributed by atoms with Crippen LogP contribution >= 0.6 is 0 Å². The third-order valence-electron chi connectivity index (χ3n) is 6.38. The molecule has 1 fully saturated rings. The van der Waals surface area contributed by atoms with Crippen LogP contribution in [0, 0.1) is 0 Å². The van der Waals surface area contributed by atoms with Gasteiger partial charge in [0.05, 0.1) is 19.4 Å². The van der Waals surface area contributed by atoms with E-state index in [9.17, 15) is 19.1 Å². The third-order valence-corrected chi connectivity index (χ3v) is 6.38. The van der Waals surface area contributed by atoms with Crippen molar-refractivity contribution in [3.05, 3.63) is 94.9 Å². The SMILES string of the molecule is C=CC(=O)/C(O)=C1/C(=O)N(CCCF)CN(C2c3ccccc3CCc3ccccc32)N1C. The van der Waals surface area contributed by atoms with Crippen LogP contribution in [0.2, 0.25) is 0 Å². The molecule has 1 saturated heterocycles. The monoisotopic (exact) mass is 449 g/mol.